The molecule has 0 atom stereocenters. The van der Waals surface area contributed by atoms with E-state index < -0.39 is 0 Å². The van der Waals surface area contributed by atoms with Gasteiger partial charge in [-0.15, -0.1) is 0 Å². The minimum absolute atomic E-state index is 0.812. The third kappa shape index (κ3) is 1.87. The predicted molar refractivity (Wildman–Crippen MR) is 66.1 cm³/mol. The van der Waals surface area contributed by atoms with Crippen molar-refractivity contribution in [2.45, 2.75) is 0 Å². The molecule has 0 aliphatic rings. The Kier molecular flexibility index (Phi) is 2.29. The molecular weight excluding hydrogens is 212 g/mol. The maximum Gasteiger partial charge on any atom is 0.128 e. The van der Waals surface area contributed by atoms with Gasteiger partial charge in [-0.3, -0.25) is 4.68 Å². The van der Waals surface area contributed by atoms with Crippen LogP contribution < -0.4 is 4.74 Å². The number of fused-ring (bicyclic) bond motifs is 1. The molecule has 0 saturated heterocycles. The van der Waals surface area contributed by atoms with Crippen LogP contribution in [-0.2, 0) is 7.05 Å². The molecule has 0 spiro atoms. The van der Waals surface area contributed by atoms with E-state index in [9.17, 15) is 0 Å². The van der Waals surface area contributed by atoms with Crippen molar-refractivity contribution >= 4 is 10.9 Å². The van der Waals surface area contributed by atoms with Crippen LogP contribution in [0, 0.1) is 6.07 Å². The third-order valence-electron chi connectivity index (χ3n) is 2.64. The number of ether oxygens (including phenoxy) is 1. The van der Waals surface area contributed by atoms with Gasteiger partial charge in [0.1, 0.15) is 11.5 Å². The molecule has 3 nitrogen and oxygen atoms in total. The van der Waals surface area contributed by atoms with E-state index in [4.69, 9.17) is 4.74 Å². The maximum atomic E-state index is 5.74. The summed E-state index contributed by atoms with van der Waals surface area (Å²) in [6, 6.07) is 16.3. The Labute approximate surface area is 99.3 Å². The smallest absolute Gasteiger partial charge is 0.128 e. The van der Waals surface area contributed by atoms with E-state index in [2.05, 4.69) is 11.2 Å². The molecule has 83 valence electrons. The predicted octanol–water partition coefficient (Wildman–Crippen LogP) is 3.17. The zero-order valence-corrected chi connectivity index (χ0v) is 9.42. The topological polar surface area (TPSA) is 27.1 Å². The van der Waals surface area contributed by atoms with Crippen molar-refractivity contribution in [3.8, 4) is 11.5 Å². The summed E-state index contributed by atoms with van der Waals surface area (Å²) in [4.78, 5) is 0. The maximum absolute atomic E-state index is 5.74. The van der Waals surface area contributed by atoms with Crippen molar-refractivity contribution in [1.29, 1.82) is 0 Å². The number of nitrogens with zero attached hydrogens (tertiary/aromatic N) is 2. The lowest BCUT2D eigenvalue weighted by atomic mass is 10.2. The van der Waals surface area contributed by atoms with Gasteiger partial charge in [0.15, 0.2) is 0 Å². The first-order valence-electron chi connectivity index (χ1n) is 5.39. The standard InChI is InChI=1S/C14H11N2O/c1-16-14-8-7-13(9-11(14)10-15-16)17-12-5-3-2-4-6-12/h3-10H,1H3. The molecular formula is C14H11N2O. The summed E-state index contributed by atoms with van der Waals surface area (Å²) in [6.45, 7) is 0. The van der Waals surface area contributed by atoms with Gasteiger partial charge in [-0.05, 0) is 36.4 Å². The second-order valence-corrected chi connectivity index (χ2v) is 3.83. The average Bonchev–Trinajstić information content (AvgIpc) is 2.72. The van der Waals surface area contributed by atoms with Gasteiger partial charge in [0.05, 0.1) is 11.7 Å². The van der Waals surface area contributed by atoms with Gasteiger partial charge >= 0.3 is 0 Å². The molecule has 0 saturated carbocycles. The molecule has 0 amide bonds. The monoisotopic (exact) mass is 223 g/mol. The van der Waals surface area contributed by atoms with Gasteiger partial charge in [0.2, 0.25) is 0 Å². The summed E-state index contributed by atoms with van der Waals surface area (Å²) in [7, 11) is 1.93. The molecule has 1 aromatic heterocycles. The van der Waals surface area contributed by atoms with Crippen molar-refractivity contribution in [2.24, 2.45) is 7.05 Å². The molecule has 0 aliphatic heterocycles. The number of hydrogen-bond donors (Lipinski definition) is 0. The van der Waals surface area contributed by atoms with Crippen molar-refractivity contribution in [3.63, 3.8) is 0 Å². The summed E-state index contributed by atoms with van der Waals surface area (Å²) < 4.78 is 7.58. The lowest BCUT2D eigenvalue weighted by Gasteiger charge is -2.05. The molecule has 17 heavy (non-hydrogen) atoms. The number of aromatic nitrogens is 2. The molecule has 3 rings (SSSR count). The summed E-state index contributed by atoms with van der Waals surface area (Å²) in [6.07, 6.45) is 1.83. The Morgan fingerprint density at radius 3 is 2.76 bits per heavy atom. The minimum atomic E-state index is 0.812. The van der Waals surface area contributed by atoms with E-state index in [1.165, 1.54) is 0 Å². The molecule has 2 aromatic carbocycles. The lowest BCUT2D eigenvalue weighted by Crippen LogP contribution is -1.88. The normalized spacial score (nSPS) is 10.6. The molecule has 0 aliphatic carbocycles. The fourth-order valence-corrected chi connectivity index (χ4v) is 1.78. The summed E-state index contributed by atoms with van der Waals surface area (Å²) in [5, 5.41) is 5.28. The summed E-state index contributed by atoms with van der Waals surface area (Å²) in [5.41, 5.74) is 1.10. The number of benzene rings is 2. The molecule has 1 heterocycles. The summed E-state index contributed by atoms with van der Waals surface area (Å²) >= 11 is 0. The highest BCUT2D eigenvalue weighted by Crippen LogP contribution is 2.24. The van der Waals surface area contributed by atoms with Crippen LogP contribution in [0.25, 0.3) is 10.9 Å². The van der Waals surface area contributed by atoms with E-state index in [0.29, 0.717) is 0 Å². The van der Waals surface area contributed by atoms with Gasteiger partial charge in [-0.25, -0.2) is 0 Å². The quantitative estimate of drug-likeness (QED) is 0.667. The molecule has 3 aromatic rings. The van der Waals surface area contributed by atoms with Gasteiger partial charge in [0.25, 0.3) is 0 Å². The van der Waals surface area contributed by atoms with Crippen LogP contribution in [-0.4, -0.2) is 9.78 Å². The van der Waals surface area contributed by atoms with Crippen LogP contribution in [0.2, 0.25) is 0 Å². The van der Waals surface area contributed by atoms with Crippen LogP contribution in [0.1, 0.15) is 0 Å². The fraction of sp³-hybridized carbons (Fsp3) is 0.0714. The van der Waals surface area contributed by atoms with Crippen LogP contribution in [0.15, 0.2) is 48.7 Å². The highest BCUT2D eigenvalue weighted by atomic mass is 16.5. The zero-order valence-electron chi connectivity index (χ0n) is 9.42. The fourth-order valence-electron chi connectivity index (χ4n) is 1.78. The summed E-state index contributed by atoms with van der Waals surface area (Å²) in [5.74, 6) is 1.63. The SMILES string of the molecule is Cn1ncc2cc(Oc3cc[c]cc3)ccc21. The van der Waals surface area contributed by atoms with Crippen molar-refractivity contribution in [3.05, 3.63) is 54.7 Å². The second kappa shape index (κ2) is 3.94. The number of aryl methyl sites for hydroxylation is 1. The largest absolute Gasteiger partial charge is 0.457 e. The highest BCUT2D eigenvalue weighted by Gasteiger charge is 2.02. The Hall–Kier alpha value is -2.29. The molecule has 0 N–H and O–H groups in total. The highest BCUT2D eigenvalue weighted by molar-refractivity contribution is 5.80. The minimum Gasteiger partial charge on any atom is -0.457 e. The first-order chi connectivity index (χ1) is 8.33. The van der Waals surface area contributed by atoms with E-state index in [0.717, 1.165) is 22.4 Å². The van der Waals surface area contributed by atoms with Crippen LogP contribution in [0.5, 0.6) is 11.5 Å². The van der Waals surface area contributed by atoms with E-state index >= 15 is 0 Å². The van der Waals surface area contributed by atoms with Crippen LogP contribution in [0.4, 0.5) is 0 Å². The van der Waals surface area contributed by atoms with Gasteiger partial charge in [0, 0.05) is 12.4 Å². The first-order valence-corrected chi connectivity index (χ1v) is 5.39. The molecule has 0 bridgehead atoms. The number of rotatable bonds is 2. The van der Waals surface area contributed by atoms with Crippen molar-refractivity contribution in [2.75, 3.05) is 0 Å². The Morgan fingerprint density at radius 2 is 1.94 bits per heavy atom. The Morgan fingerprint density at radius 1 is 1.12 bits per heavy atom. The molecule has 0 fully saturated rings. The van der Waals surface area contributed by atoms with Gasteiger partial charge < -0.3 is 4.74 Å². The van der Waals surface area contributed by atoms with Gasteiger partial charge in [-0.1, -0.05) is 12.1 Å². The second-order valence-electron chi connectivity index (χ2n) is 3.83. The van der Waals surface area contributed by atoms with Crippen LogP contribution in [0.3, 0.4) is 0 Å². The Bertz CT molecular complexity index is 644. The molecule has 3 heteroatoms. The molecule has 0 unspecified atom stereocenters. The lowest BCUT2D eigenvalue weighted by molar-refractivity contribution is 0.483. The first kappa shape index (κ1) is 9.90. The van der Waals surface area contributed by atoms with E-state index in [1.807, 2.05) is 60.4 Å². The van der Waals surface area contributed by atoms with Crippen molar-refractivity contribution in [1.82, 2.24) is 9.78 Å². The average molecular weight is 223 g/mol. The van der Waals surface area contributed by atoms with Crippen LogP contribution >= 0.6 is 0 Å². The molecule has 1 radical (unpaired) electrons. The van der Waals surface area contributed by atoms with Gasteiger partial charge in [-0.2, -0.15) is 5.10 Å². The van der Waals surface area contributed by atoms with E-state index in [1.54, 1.807) is 0 Å². The van der Waals surface area contributed by atoms with E-state index in [-0.39, 0.29) is 0 Å². The number of hydrogen-bond acceptors (Lipinski definition) is 2. The Balaban J connectivity index is 1.96. The zero-order chi connectivity index (χ0) is 11.7. The third-order valence-corrected chi connectivity index (χ3v) is 2.64. The van der Waals surface area contributed by atoms with Crippen molar-refractivity contribution < 1.29 is 4.74 Å².